The summed E-state index contributed by atoms with van der Waals surface area (Å²) < 4.78 is 18.5. The van der Waals surface area contributed by atoms with Crippen LogP contribution >= 0.6 is 0 Å². The van der Waals surface area contributed by atoms with Crippen LogP contribution in [0.25, 0.3) is 0 Å². The fraction of sp³-hybridized carbons (Fsp3) is 0.625. The van der Waals surface area contributed by atoms with Crippen LogP contribution < -0.4 is 19.7 Å². The molecular weight excluding hydrogens is 392 g/mol. The Hall–Kier alpha value is -2.25. The fourth-order valence-electron chi connectivity index (χ4n) is 4.24. The molecule has 0 radical (unpaired) electrons. The summed E-state index contributed by atoms with van der Waals surface area (Å²) in [6.07, 6.45) is 0. The second-order valence-electron chi connectivity index (χ2n) is 9.12. The Bertz CT molecular complexity index is 870. The Kier molecular flexibility index (Phi) is 7.49. The summed E-state index contributed by atoms with van der Waals surface area (Å²) in [4.78, 5) is 2.40. The maximum Gasteiger partial charge on any atom is 0.161 e. The van der Waals surface area contributed by atoms with Gasteiger partial charge in [0.2, 0.25) is 0 Å². The molecule has 7 heteroatoms. The molecule has 2 heterocycles. The van der Waals surface area contributed by atoms with E-state index in [0.29, 0.717) is 5.92 Å². The van der Waals surface area contributed by atoms with Crippen molar-refractivity contribution in [1.29, 1.82) is 0 Å². The number of anilines is 1. The SMILES string of the molecule is COc1ccc(C(C)(C)CNCc2c(C(C)C)nn(C)c2N2CCOCC2)cc1OC. The summed E-state index contributed by atoms with van der Waals surface area (Å²) in [5, 5.41) is 8.58. The number of nitrogens with zero attached hydrogens (tertiary/aromatic N) is 3. The number of aromatic nitrogens is 2. The van der Waals surface area contributed by atoms with E-state index in [1.807, 2.05) is 17.8 Å². The van der Waals surface area contributed by atoms with Gasteiger partial charge in [-0.05, 0) is 23.6 Å². The van der Waals surface area contributed by atoms with E-state index in [2.05, 4.69) is 50.0 Å². The van der Waals surface area contributed by atoms with Gasteiger partial charge in [0.1, 0.15) is 5.82 Å². The van der Waals surface area contributed by atoms with Gasteiger partial charge in [0.15, 0.2) is 11.5 Å². The van der Waals surface area contributed by atoms with Crippen LogP contribution in [0.15, 0.2) is 18.2 Å². The smallest absolute Gasteiger partial charge is 0.161 e. The highest BCUT2D eigenvalue weighted by Crippen LogP contribution is 2.33. The zero-order valence-electron chi connectivity index (χ0n) is 20.1. The van der Waals surface area contributed by atoms with Crippen LogP contribution in [0, 0.1) is 0 Å². The summed E-state index contributed by atoms with van der Waals surface area (Å²) in [6, 6.07) is 6.17. The van der Waals surface area contributed by atoms with Crippen LogP contribution in [-0.4, -0.2) is 56.8 Å². The van der Waals surface area contributed by atoms with Crippen molar-refractivity contribution in [3.8, 4) is 11.5 Å². The van der Waals surface area contributed by atoms with Gasteiger partial charge in [-0.2, -0.15) is 5.10 Å². The van der Waals surface area contributed by atoms with Gasteiger partial charge in [-0.15, -0.1) is 0 Å². The molecule has 0 bridgehead atoms. The minimum absolute atomic E-state index is 0.0706. The number of methoxy groups -OCH3 is 2. The van der Waals surface area contributed by atoms with Gasteiger partial charge >= 0.3 is 0 Å². The predicted octanol–water partition coefficient (Wildman–Crippen LogP) is 3.46. The number of nitrogens with one attached hydrogen (secondary N) is 1. The van der Waals surface area contributed by atoms with E-state index in [1.54, 1.807) is 14.2 Å². The van der Waals surface area contributed by atoms with E-state index in [-0.39, 0.29) is 5.41 Å². The Morgan fingerprint density at radius 2 is 1.81 bits per heavy atom. The highest BCUT2D eigenvalue weighted by molar-refractivity contribution is 5.51. The van der Waals surface area contributed by atoms with E-state index >= 15 is 0 Å². The molecule has 172 valence electrons. The number of morpholine rings is 1. The molecule has 31 heavy (non-hydrogen) atoms. The molecule has 1 saturated heterocycles. The normalized spacial score (nSPS) is 14.9. The first kappa shape index (κ1) is 23.4. The van der Waals surface area contributed by atoms with Gasteiger partial charge in [-0.25, -0.2) is 0 Å². The second-order valence-corrected chi connectivity index (χ2v) is 9.12. The zero-order valence-corrected chi connectivity index (χ0v) is 20.1. The lowest BCUT2D eigenvalue weighted by Crippen LogP contribution is -2.38. The monoisotopic (exact) mass is 430 g/mol. The zero-order chi connectivity index (χ0) is 22.6. The second kappa shape index (κ2) is 9.92. The molecule has 0 atom stereocenters. The van der Waals surface area contributed by atoms with E-state index in [9.17, 15) is 0 Å². The van der Waals surface area contributed by atoms with Gasteiger partial charge in [-0.3, -0.25) is 4.68 Å². The van der Waals surface area contributed by atoms with Gasteiger partial charge < -0.3 is 24.4 Å². The number of hydrogen-bond donors (Lipinski definition) is 1. The minimum Gasteiger partial charge on any atom is -0.493 e. The Morgan fingerprint density at radius 1 is 1.13 bits per heavy atom. The summed E-state index contributed by atoms with van der Waals surface area (Å²) in [6.45, 7) is 13.9. The highest BCUT2D eigenvalue weighted by Gasteiger charge is 2.26. The highest BCUT2D eigenvalue weighted by atomic mass is 16.5. The largest absolute Gasteiger partial charge is 0.493 e. The summed E-state index contributed by atoms with van der Waals surface area (Å²) in [5.74, 6) is 3.10. The van der Waals surface area contributed by atoms with Crippen molar-refractivity contribution in [2.75, 3.05) is 52.0 Å². The van der Waals surface area contributed by atoms with Crippen molar-refractivity contribution in [3.05, 3.63) is 35.0 Å². The van der Waals surface area contributed by atoms with Crippen molar-refractivity contribution in [1.82, 2.24) is 15.1 Å². The van der Waals surface area contributed by atoms with Crippen LogP contribution in [0.4, 0.5) is 5.82 Å². The van der Waals surface area contributed by atoms with Crippen LogP contribution in [0.2, 0.25) is 0 Å². The number of benzene rings is 1. The molecule has 3 rings (SSSR count). The van der Waals surface area contributed by atoms with E-state index in [4.69, 9.17) is 19.3 Å². The van der Waals surface area contributed by atoms with Crippen molar-refractivity contribution in [2.24, 2.45) is 7.05 Å². The van der Waals surface area contributed by atoms with Crippen molar-refractivity contribution in [3.63, 3.8) is 0 Å². The Labute approximate surface area is 186 Å². The average Bonchev–Trinajstić information content (AvgIpc) is 3.10. The maximum absolute atomic E-state index is 5.56. The van der Waals surface area contributed by atoms with Crippen molar-refractivity contribution < 1.29 is 14.2 Å². The quantitative estimate of drug-likeness (QED) is 0.657. The molecular formula is C24H38N4O3. The van der Waals surface area contributed by atoms with Crippen molar-refractivity contribution in [2.45, 2.75) is 45.6 Å². The lowest BCUT2D eigenvalue weighted by Gasteiger charge is -2.30. The number of hydrogen-bond acceptors (Lipinski definition) is 6. The minimum atomic E-state index is -0.0706. The van der Waals surface area contributed by atoms with Crippen molar-refractivity contribution >= 4 is 5.82 Å². The van der Waals surface area contributed by atoms with E-state index in [0.717, 1.165) is 50.9 Å². The molecule has 0 spiro atoms. The van der Waals surface area contributed by atoms with Gasteiger partial charge in [0, 0.05) is 44.2 Å². The van der Waals surface area contributed by atoms with Crippen LogP contribution in [0.1, 0.15) is 50.4 Å². The van der Waals surface area contributed by atoms with Crippen LogP contribution in [0.3, 0.4) is 0 Å². The third-order valence-corrected chi connectivity index (χ3v) is 6.03. The number of rotatable bonds is 9. The third kappa shape index (κ3) is 5.15. The summed E-state index contributed by atoms with van der Waals surface area (Å²) in [5.41, 5.74) is 3.60. The summed E-state index contributed by atoms with van der Waals surface area (Å²) in [7, 11) is 5.39. The van der Waals surface area contributed by atoms with Gasteiger partial charge in [0.25, 0.3) is 0 Å². The first-order valence-corrected chi connectivity index (χ1v) is 11.1. The molecule has 0 unspecified atom stereocenters. The average molecular weight is 431 g/mol. The maximum atomic E-state index is 5.56. The molecule has 2 aromatic rings. The molecule has 1 aliphatic rings. The molecule has 0 amide bonds. The van der Waals surface area contributed by atoms with E-state index < -0.39 is 0 Å². The summed E-state index contributed by atoms with van der Waals surface area (Å²) >= 11 is 0. The topological polar surface area (TPSA) is 60.8 Å². The molecule has 1 fully saturated rings. The molecule has 0 saturated carbocycles. The predicted molar refractivity (Wildman–Crippen MR) is 125 cm³/mol. The Balaban J connectivity index is 1.77. The Morgan fingerprint density at radius 3 is 2.42 bits per heavy atom. The fourth-order valence-corrected chi connectivity index (χ4v) is 4.24. The third-order valence-electron chi connectivity index (χ3n) is 6.03. The van der Waals surface area contributed by atoms with E-state index in [1.165, 1.54) is 22.6 Å². The molecule has 0 aliphatic carbocycles. The lowest BCUT2D eigenvalue weighted by atomic mass is 9.84. The molecule has 1 N–H and O–H groups in total. The standard InChI is InChI=1S/C24H38N4O3/c1-17(2)22-19(23(27(5)26-22)28-10-12-31-13-11-28)15-25-16-24(3,4)18-8-9-20(29-6)21(14-18)30-7/h8-9,14,17,25H,10-13,15-16H2,1-7H3. The molecule has 1 aromatic carbocycles. The van der Waals surface area contributed by atoms with Crippen LogP contribution in [-0.2, 0) is 23.7 Å². The molecule has 7 nitrogen and oxygen atoms in total. The number of ether oxygens (including phenoxy) is 3. The van der Waals surface area contributed by atoms with Gasteiger partial charge in [0.05, 0.1) is 33.1 Å². The first-order valence-electron chi connectivity index (χ1n) is 11.1. The molecule has 1 aromatic heterocycles. The molecule has 1 aliphatic heterocycles. The van der Waals surface area contributed by atoms with Crippen LogP contribution in [0.5, 0.6) is 11.5 Å². The first-order chi connectivity index (χ1) is 14.8. The lowest BCUT2D eigenvalue weighted by molar-refractivity contribution is 0.122. The van der Waals surface area contributed by atoms with Gasteiger partial charge in [-0.1, -0.05) is 33.8 Å². The number of aryl methyl sites for hydroxylation is 1.